The van der Waals surface area contributed by atoms with E-state index in [-0.39, 0.29) is 11.3 Å². The van der Waals surface area contributed by atoms with Crippen molar-refractivity contribution in [3.05, 3.63) is 40.5 Å². The van der Waals surface area contributed by atoms with Crippen molar-refractivity contribution in [1.29, 1.82) is 5.26 Å². The number of alkyl halides is 3. The Hall–Kier alpha value is -2.75. The van der Waals surface area contributed by atoms with Crippen LogP contribution in [0.25, 0.3) is 0 Å². The highest BCUT2D eigenvalue weighted by Crippen LogP contribution is 2.36. The van der Waals surface area contributed by atoms with E-state index in [0.29, 0.717) is 50.7 Å². The number of halogens is 3. The third kappa shape index (κ3) is 6.32. The Morgan fingerprint density at radius 3 is 2.22 bits per heavy atom. The molecule has 0 bridgehead atoms. The van der Waals surface area contributed by atoms with E-state index in [9.17, 15) is 31.2 Å². The van der Waals surface area contributed by atoms with Crippen LogP contribution in [-0.2, 0) is 25.8 Å². The Bertz CT molecular complexity index is 1200. The Balaban J connectivity index is 1.50. The largest absolute Gasteiger partial charge is 0.417 e. The summed E-state index contributed by atoms with van der Waals surface area (Å²) >= 11 is 0. The van der Waals surface area contributed by atoms with Crippen LogP contribution >= 0.6 is 0 Å². The minimum atomic E-state index is -4.79. The van der Waals surface area contributed by atoms with Gasteiger partial charge in [-0.2, -0.15) is 22.7 Å². The van der Waals surface area contributed by atoms with E-state index in [1.807, 2.05) is 0 Å². The molecule has 2 aliphatic heterocycles. The molecule has 0 N–H and O–H groups in total. The van der Waals surface area contributed by atoms with Crippen LogP contribution < -0.4 is 4.90 Å². The van der Waals surface area contributed by atoms with E-state index in [1.54, 1.807) is 0 Å². The van der Waals surface area contributed by atoms with Gasteiger partial charge in [0, 0.05) is 37.3 Å². The number of hydrogen-bond donors (Lipinski definition) is 0. The van der Waals surface area contributed by atoms with Crippen LogP contribution in [0.3, 0.4) is 0 Å². The fraction of sp³-hybridized carbons (Fsp3) is 0.542. The van der Waals surface area contributed by atoms with Crippen LogP contribution in [0.2, 0.25) is 0 Å². The van der Waals surface area contributed by atoms with Gasteiger partial charge in [-0.3, -0.25) is 9.59 Å². The van der Waals surface area contributed by atoms with Gasteiger partial charge < -0.3 is 4.90 Å². The summed E-state index contributed by atoms with van der Waals surface area (Å²) in [6.07, 6.45) is 0.0588. The Morgan fingerprint density at radius 1 is 1.00 bits per heavy atom. The third-order valence-corrected chi connectivity index (χ3v) is 7.88. The molecule has 8 nitrogen and oxygen atoms in total. The molecule has 0 radical (unpaired) electrons. The average Bonchev–Trinajstić information content (AvgIpc) is 3.02. The smallest absolute Gasteiger partial charge is 0.301 e. The van der Waals surface area contributed by atoms with E-state index in [2.05, 4.69) is 4.90 Å². The first-order valence-electron chi connectivity index (χ1n) is 11.7. The number of benzene rings is 1. The van der Waals surface area contributed by atoms with Crippen molar-refractivity contribution in [3.8, 4) is 6.07 Å². The van der Waals surface area contributed by atoms with Gasteiger partial charge in [-0.25, -0.2) is 13.3 Å². The van der Waals surface area contributed by atoms with Crippen LogP contribution in [0.1, 0.15) is 50.2 Å². The quantitative estimate of drug-likeness (QED) is 0.362. The maximum Gasteiger partial charge on any atom is 0.417 e. The first kappa shape index (κ1) is 27.8. The molecule has 1 fully saturated rings. The number of nitrogens with zero attached hydrogens (tertiary/aromatic N) is 4. The topological polar surface area (TPSA) is 102 Å². The molecule has 0 atom stereocenters. The van der Waals surface area contributed by atoms with E-state index in [1.165, 1.54) is 29.6 Å². The zero-order chi connectivity index (χ0) is 26.7. The van der Waals surface area contributed by atoms with Crippen molar-refractivity contribution in [1.82, 2.24) is 9.21 Å². The summed E-state index contributed by atoms with van der Waals surface area (Å²) in [6.45, 7) is 4.71. The summed E-state index contributed by atoms with van der Waals surface area (Å²) < 4.78 is 64.6. The summed E-state index contributed by atoms with van der Waals surface area (Å²) in [5.74, 6) is -1.28. The summed E-state index contributed by atoms with van der Waals surface area (Å²) in [7, 11) is -3.15. The van der Waals surface area contributed by atoms with Crippen LogP contribution in [0, 0.1) is 11.3 Å². The molecule has 0 saturated carbocycles. The summed E-state index contributed by atoms with van der Waals surface area (Å²) in [5.41, 5.74) is -1.45. The average molecular weight is 527 g/mol. The molecule has 12 heteroatoms. The molecule has 1 saturated heterocycles. The molecule has 0 spiro atoms. The highest BCUT2D eigenvalue weighted by atomic mass is 32.2. The number of nitriles is 1. The molecule has 3 rings (SSSR count). The maximum absolute atomic E-state index is 13.3. The summed E-state index contributed by atoms with van der Waals surface area (Å²) in [5, 5.41) is 8.97. The molecule has 2 aliphatic rings. The molecule has 2 heterocycles. The summed E-state index contributed by atoms with van der Waals surface area (Å²) in [4.78, 5) is 28.6. The van der Waals surface area contributed by atoms with E-state index in [0.717, 1.165) is 36.8 Å². The molecule has 1 aromatic carbocycles. The lowest BCUT2D eigenvalue weighted by atomic mass is 10.0. The third-order valence-electron chi connectivity index (χ3n) is 6.58. The lowest BCUT2D eigenvalue weighted by molar-refractivity contribution is -0.138. The zero-order valence-corrected chi connectivity index (χ0v) is 21.1. The Morgan fingerprint density at radius 2 is 1.64 bits per heavy atom. The van der Waals surface area contributed by atoms with Crippen molar-refractivity contribution in [2.24, 2.45) is 0 Å². The van der Waals surface area contributed by atoms with Crippen molar-refractivity contribution in [2.45, 2.75) is 45.2 Å². The first-order valence-corrected chi connectivity index (χ1v) is 13.6. The molecular weight excluding hydrogens is 497 g/mol. The number of hydrogen-bond acceptors (Lipinski definition) is 6. The van der Waals surface area contributed by atoms with Gasteiger partial charge in [0.1, 0.15) is 0 Å². The molecule has 2 amide bonds. The van der Waals surface area contributed by atoms with Gasteiger partial charge in [0.2, 0.25) is 10.0 Å². The summed E-state index contributed by atoms with van der Waals surface area (Å²) in [6, 6.07) is 4.29. The number of sulfonamides is 1. The predicted molar refractivity (Wildman–Crippen MR) is 127 cm³/mol. The molecule has 0 aromatic heterocycles. The second-order valence-electron chi connectivity index (χ2n) is 9.06. The van der Waals surface area contributed by atoms with Gasteiger partial charge >= 0.3 is 6.18 Å². The number of carbonyl (C=O) groups is 2. The monoisotopic (exact) mass is 526 g/mol. The van der Waals surface area contributed by atoms with Gasteiger partial charge in [-0.05, 0) is 50.9 Å². The number of amides is 2. The molecule has 196 valence electrons. The number of unbranched alkanes of at least 4 members (excludes halogenated alkanes) is 3. The number of imide groups is 1. The minimum Gasteiger partial charge on any atom is -0.301 e. The van der Waals surface area contributed by atoms with Gasteiger partial charge in [0.05, 0.1) is 29.1 Å². The second kappa shape index (κ2) is 11.1. The maximum atomic E-state index is 13.3. The van der Waals surface area contributed by atoms with Gasteiger partial charge in [0.15, 0.2) is 0 Å². The normalized spacial score (nSPS) is 18.3. The van der Waals surface area contributed by atoms with Crippen LogP contribution in [0.5, 0.6) is 0 Å². The Kier molecular flexibility index (Phi) is 8.59. The highest BCUT2D eigenvalue weighted by molar-refractivity contribution is 7.88. The fourth-order valence-corrected chi connectivity index (χ4v) is 5.32. The number of piperazine rings is 1. The second-order valence-corrected chi connectivity index (χ2v) is 11.0. The van der Waals surface area contributed by atoms with Crippen LogP contribution in [0.15, 0.2) is 29.3 Å². The molecule has 0 aliphatic carbocycles. The molecule has 36 heavy (non-hydrogen) atoms. The standard InChI is InChI=1S/C24H29F3N4O4S/c1-17-20(7-5-3-4-6-10-29-11-13-30(14-12-29)36(2,34)35)23(33)31(22(17)32)19-9-8-18(16-28)21(15-19)24(25,26)27/h8-9,15H,3-7,10-14H2,1-2H3. The highest BCUT2D eigenvalue weighted by Gasteiger charge is 2.39. The lowest BCUT2D eigenvalue weighted by Crippen LogP contribution is -2.48. The van der Waals surface area contributed by atoms with Crippen molar-refractivity contribution < 1.29 is 31.2 Å². The SMILES string of the molecule is CC1=C(CCCCCCN2CCN(S(C)(=O)=O)CC2)C(=O)N(c2ccc(C#N)c(C(F)(F)F)c2)C1=O. The molecule has 0 unspecified atom stereocenters. The predicted octanol–water partition coefficient (Wildman–Crippen LogP) is 3.29. The fourth-order valence-electron chi connectivity index (χ4n) is 4.49. The Labute approximate surface area is 209 Å². The first-order chi connectivity index (χ1) is 16.8. The number of carbonyl (C=O) groups excluding carboxylic acids is 2. The van der Waals surface area contributed by atoms with Crippen LogP contribution in [0.4, 0.5) is 18.9 Å². The van der Waals surface area contributed by atoms with Gasteiger partial charge in [-0.1, -0.05) is 12.8 Å². The van der Waals surface area contributed by atoms with Crippen molar-refractivity contribution in [2.75, 3.05) is 43.9 Å². The van der Waals surface area contributed by atoms with Crippen molar-refractivity contribution >= 4 is 27.5 Å². The van der Waals surface area contributed by atoms with Gasteiger partial charge in [-0.15, -0.1) is 0 Å². The zero-order valence-electron chi connectivity index (χ0n) is 20.3. The molecule has 1 aromatic rings. The number of anilines is 1. The van der Waals surface area contributed by atoms with E-state index >= 15 is 0 Å². The minimum absolute atomic E-state index is 0.207. The van der Waals surface area contributed by atoms with E-state index in [4.69, 9.17) is 5.26 Å². The molecular formula is C24H29F3N4O4S. The number of rotatable bonds is 9. The van der Waals surface area contributed by atoms with Crippen molar-refractivity contribution in [3.63, 3.8) is 0 Å². The van der Waals surface area contributed by atoms with E-state index < -0.39 is 39.1 Å². The van der Waals surface area contributed by atoms with Gasteiger partial charge in [0.25, 0.3) is 11.8 Å². The lowest BCUT2D eigenvalue weighted by Gasteiger charge is -2.33. The van der Waals surface area contributed by atoms with Crippen LogP contribution in [-0.4, -0.2) is 68.4 Å².